The smallest absolute Gasteiger partial charge is 0.271 e. The summed E-state index contributed by atoms with van der Waals surface area (Å²) in [4.78, 5) is 35.1. The van der Waals surface area contributed by atoms with Crippen LogP contribution in [0.4, 0.5) is 0 Å². The standard InChI is InChI=1S/C14H12ClN3O3/c1-18-7-6-9(8-12(18)19)13(20)16-17-14(21)10-4-2-3-5-11(10)15/h2-8H,1H3,(H,16,20)(H,17,21). The molecule has 0 saturated carbocycles. The van der Waals surface area contributed by atoms with E-state index in [0.717, 1.165) is 0 Å². The predicted molar refractivity (Wildman–Crippen MR) is 78.1 cm³/mol. The van der Waals surface area contributed by atoms with Crippen LogP contribution in [-0.2, 0) is 7.05 Å². The second kappa shape index (κ2) is 6.23. The van der Waals surface area contributed by atoms with Gasteiger partial charge in [-0.15, -0.1) is 0 Å². The van der Waals surface area contributed by atoms with Crippen LogP contribution >= 0.6 is 11.6 Å². The number of pyridine rings is 1. The number of halogens is 1. The molecular weight excluding hydrogens is 294 g/mol. The first-order valence-electron chi connectivity index (χ1n) is 6.01. The van der Waals surface area contributed by atoms with Crippen LogP contribution in [0.1, 0.15) is 20.7 Å². The summed E-state index contributed by atoms with van der Waals surface area (Å²) in [6, 6.07) is 9.09. The van der Waals surface area contributed by atoms with Gasteiger partial charge in [-0.3, -0.25) is 25.2 Å². The number of hydrogen-bond donors (Lipinski definition) is 2. The van der Waals surface area contributed by atoms with Gasteiger partial charge in [0.25, 0.3) is 17.4 Å². The molecule has 0 atom stereocenters. The summed E-state index contributed by atoms with van der Waals surface area (Å²) in [5.41, 5.74) is 4.54. The number of nitrogens with one attached hydrogen (secondary N) is 2. The zero-order chi connectivity index (χ0) is 15.4. The van der Waals surface area contributed by atoms with E-state index in [1.54, 1.807) is 25.2 Å². The van der Waals surface area contributed by atoms with Crippen LogP contribution in [0, 0.1) is 0 Å². The average Bonchev–Trinajstić information content (AvgIpc) is 2.47. The largest absolute Gasteiger partial charge is 0.319 e. The minimum absolute atomic E-state index is 0.151. The number of hydrazine groups is 1. The SMILES string of the molecule is Cn1ccc(C(=O)NNC(=O)c2ccccc2Cl)cc1=O. The molecule has 21 heavy (non-hydrogen) atoms. The zero-order valence-electron chi connectivity index (χ0n) is 11.1. The van der Waals surface area contributed by atoms with E-state index in [4.69, 9.17) is 11.6 Å². The third kappa shape index (κ3) is 3.49. The topological polar surface area (TPSA) is 80.2 Å². The van der Waals surface area contributed by atoms with E-state index in [-0.39, 0.29) is 21.7 Å². The van der Waals surface area contributed by atoms with Crippen LogP contribution in [0.2, 0.25) is 5.02 Å². The molecule has 0 bridgehead atoms. The molecule has 7 heteroatoms. The number of aromatic nitrogens is 1. The van der Waals surface area contributed by atoms with E-state index < -0.39 is 11.8 Å². The molecule has 0 saturated heterocycles. The van der Waals surface area contributed by atoms with Crippen molar-refractivity contribution in [3.8, 4) is 0 Å². The summed E-state index contributed by atoms with van der Waals surface area (Å²) in [5, 5.41) is 0.276. The van der Waals surface area contributed by atoms with Crippen LogP contribution in [0.5, 0.6) is 0 Å². The first-order valence-corrected chi connectivity index (χ1v) is 6.39. The highest BCUT2D eigenvalue weighted by molar-refractivity contribution is 6.33. The maximum atomic E-state index is 11.8. The summed E-state index contributed by atoms with van der Waals surface area (Å²) in [5.74, 6) is -1.13. The normalized spacial score (nSPS) is 10.0. The van der Waals surface area contributed by atoms with Crippen molar-refractivity contribution >= 4 is 23.4 Å². The highest BCUT2D eigenvalue weighted by Gasteiger charge is 2.11. The minimum Gasteiger partial charge on any atom is -0.319 e. The lowest BCUT2D eigenvalue weighted by Gasteiger charge is -2.08. The van der Waals surface area contributed by atoms with Crippen LogP contribution < -0.4 is 16.4 Å². The van der Waals surface area contributed by atoms with Crippen molar-refractivity contribution in [2.45, 2.75) is 0 Å². The van der Waals surface area contributed by atoms with Crippen LogP contribution in [0.15, 0.2) is 47.4 Å². The second-order valence-electron chi connectivity index (χ2n) is 4.25. The van der Waals surface area contributed by atoms with E-state index in [0.29, 0.717) is 0 Å². The van der Waals surface area contributed by atoms with Gasteiger partial charge in [0.2, 0.25) is 0 Å². The Balaban J connectivity index is 2.04. The fourth-order valence-electron chi connectivity index (χ4n) is 1.59. The number of carbonyl (C=O) groups excluding carboxylic acids is 2. The van der Waals surface area contributed by atoms with Gasteiger partial charge in [0.1, 0.15) is 0 Å². The molecule has 0 radical (unpaired) electrons. The quantitative estimate of drug-likeness (QED) is 0.816. The van der Waals surface area contributed by atoms with Crippen LogP contribution in [-0.4, -0.2) is 16.4 Å². The molecule has 0 aliphatic carbocycles. The number of carbonyl (C=O) groups is 2. The van der Waals surface area contributed by atoms with Gasteiger partial charge in [-0.2, -0.15) is 0 Å². The third-order valence-corrected chi connectivity index (χ3v) is 3.10. The Morgan fingerprint density at radius 3 is 2.43 bits per heavy atom. The number of hydrogen-bond acceptors (Lipinski definition) is 3. The van der Waals surface area contributed by atoms with Crippen molar-refractivity contribution in [2.75, 3.05) is 0 Å². The fourth-order valence-corrected chi connectivity index (χ4v) is 1.81. The van der Waals surface area contributed by atoms with Crippen molar-refractivity contribution in [1.82, 2.24) is 15.4 Å². The van der Waals surface area contributed by atoms with Gasteiger partial charge in [-0.25, -0.2) is 0 Å². The number of nitrogens with zero attached hydrogens (tertiary/aromatic N) is 1. The molecule has 2 rings (SSSR count). The Morgan fingerprint density at radius 2 is 1.76 bits per heavy atom. The minimum atomic E-state index is -0.590. The lowest BCUT2D eigenvalue weighted by Crippen LogP contribution is -2.42. The zero-order valence-corrected chi connectivity index (χ0v) is 11.8. The van der Waals surface area contributed by atoms with E-state index in [2.05, 4.69) is 10.9 Å². The molecule has 108 valence electrons. The maximum Gasteiger partial charge on any atom is 0.271 e. The lowest BCUT2D eigenvalue weighted by molar-refractivity contribution is 0.0846. The Hall–Kier alpha value is -2.60. The molecule has 6 nitrogen and oxygen atoms in total. The van der Waals surface area contributed by atoms with Gasteiger partial charge in [0.05, 0.1) is 10.6 Å². The Labute approximate surface area is 125 Å². The van der Waals surface area contributed by atoms with Gasteiger partial charge in [0, 0.05) is 24.9 Å². The number of rotatable bonds is 2. The van der Waals surface area contributed by atoms with E-state index in [1.165, 1.54) is 29.0 Å². The molecule has 1 aromatic carbocycles. The fraction of sp³-hybridized carbons (Fsp3) is 0.0714. The Bertz CT molecular complexity index is 755. The van der Waals surface area contributed by atoms with Crippen molar-refractivity contribution in [3.05, 3.63) is 69.1 Å². The second-order valence-corrected chi connectivity index (χ2v) is 4.66. The molecule has 0 aliphatic heterocycles. The first-order chi connectivity index (χ1) is 9.99. The summed E-state index contributed by atoms with van der Waals surface area (Å²) >= 11 is 5.87. The highest BCUT2D eigenvalue weighted by atomic mass is 35.5. The molecule has 1 heterocycles. The molecule has 2 aromatic rings. The van der Waals surface area contributed by atoms with Crippen LogP contribution in [0.3, 0.4) is 0 Å². The average molecular weight is 306 g/mol. The Morgan fingerprint density at radius 1 is 1.10 bits per heavy atom. The molecule has 2 amide bonds. The van der Waals surface area contributed by atoms with Crippen LogP contribution in [0.25, 0.3) is 0 Å². The van der Waals surface area contributed by atoms with Gasteiger partial charge < -0.3 is 4.57 Å². The van der Waals surface area contributed by atoms with E-state index in [9.17, 15) is 14.4 Å². The first kappa shape index (κ1) is 14.8. The molecule has 1 aromatic heterocycles. The molecule has 2 N–H and O–H groups in total. The third-order valence-electron chi connectivity index (χ3n) is 2.77. The van der Waals surface area contributed by atoms with Crippen molar-refractivity contribution < 1.29 is 9.59 Å². The number of benzene rings is 1. The molecule has 0 spiro atoms. The van der Waals surface area contributed by atoms with Crippen molar-refractivity contribution in [2.24, 2.45) is 7.05 Å². The Kier molecular flexibility index (Phi) is 4.39. The van der Waals surface area contributed by atoms with Gasteiger partial charge in [-0.1, -0.05) is 23.7 Å². The molecule has 0 unspecified atom stereocenters. The molecule has 0 aliphatic rings. The van der Waals surface area contributed by atoms with E-state index in [1.807, 2.05) is 0 Å². The van der Waals surface area contributed by atoms with Gasteiger partial charge >= 0.3 is 0 Å². The summed E-state index contributed by atoms with van der Waals surface area (Å²) in [7, 11) is 1.57. The summed E-state index contributed by atoms with van der Waals surface area (Å²) < 4.78 is 1.33. The van der Waals surface area contributed by atoms with Crippen molar-refractivity contribution in [1.29, 1.82) is 0 Å². The van der Waals surface area contributed by atoms with Crippen molar-refractivity contribution in [3.63, 3.8) is 0 Å². The molecule has 0 fully saturated rings. The van der Waals surface area contributed by atoms with Gasteiger partial charge in [0.15, 0.2) is 0 Å². The highest BCUT2D eigenvalue weighted by Crippen LogP contribution is 2.14. The van der Waals surface area contributed by atoms with Gasteiger partial charge in [-0.05, 0) is 18.2 Å². The molecular formula is C14H12ClN3O3. The van der Waals surface area contributed by atoms with E-state index >= 15 is 0 Å². The number of aryl methyl sites for hydroxylation is 1. The maximum absolute atomic E-state index is 11.8. The predicted octanol–water partition coefficient (Wildman–Crippen LogP) is 1.11. The summed E-state index contributed by atoms with van der Waals surface area (Å²) in [6.45, 7) is 0. The summed E-state index contributed by atoms with van der Waals surface area (Å²) in [6.07, 6.45) is 1.47. The number of amides is 2. The monoisotopic (exact) mass is 305 g/mol. The lowest BCUT2D eigenvalue weighted by atomic mass is 10.2.